The summed E-state index contributed by atoms with van der Waals surface area (Å²) in [6.07, 6.45) is 0.899. The topological polar surface area (TPSA) is 29.5 Å². The van der Waals surface area contributed by atoms with E-state index in [-0.39, 0.29) is 0 Å². The van der Waals surface area contributed by atoms with Crippen LogP contribution in [-0.2, 0) is 11.2 Å². The maximum Gasteiger partial charge on any atom is 0.154 e. The first-order valence-electron chi connectivity index (χ1n) is 4.66. The highest BCUT2D eigenvalue weighted by Crippen LogP contribution is 2.01. The van der Waals surface area contributed by atoms with Crippen molar-refractivity contribution < 1.29 is 9.84 Å². The molecule has 0 bridgehead atoms. The number of aliphatic hydroxyl groups is 1. The minimum Gasteiger partial charge on any atom is -0.368 e. The first-order valence-corrected chi connectivity index (χ1v) is 4.66. The molecular weight excluding hydrogens is 164 g/mol. The highest BCUT2D eigenvalue weighted by molar-refractivity contribution is 5.14. The molecule has 1 unspecified atom stereocenters. The van der Waals surface area contributed by atoms with E-state index in [2.05, 4.69) is 12.1 Å². The first kappa shape index (κ1) is 10.2. The van der Waals surface area contributed by atoms with Gasteiger partial charge in [-0.15, -0.1) is 0 Å². The lowest BCUT2D eigenvalue weighted by Crippen LogP contribution is -2.12. The van der Waals surface area contributed by atoms with Crippen LogP contribution in [0.4, 0.5) is 0 Å². The minimum absolute atomic E-state index is 0.582. The van der Waals surface area contributed by atoms with Crippen LogP contribution in [0.1, 0.15) is 18.9 Å². The molecule has 0 aromatic heterocycles. The van der Waals surface area contributed by atoms with Gasteiger partial charge >= 0.3 is 0 Å². The molecule has 0 heterocycles. The van der Waals surface area contributed by atoms with Gasteiger partial charge in [0.25, 0.3) is 0 Å². The zero-order valence-corrected chi connectivity index (χ0v) is 7.94. The molecule has 1 N–H and O–H groups in total. The van der Waals surface area contributed by atoms with Crippen molar-refractivity contribution >= 4 is 0 Å². The van der Waals surface area contributed by atoms with Gasteiger partial charge in [0.1, 0.15) is 0 Å². The number of benzene rings is 1. The average Bonchev–Trinajstić information content (AvgIpc) is 2.19. The van der Waals surface area contributed by atoms with Crippen LogP contribution in [0, 0.1) is 0 Å². The lowest BCUT2D eigenvalue weighted by atomic mass is 10.2. The summed E-state index contributed by atoms with van der Waals surface area (Å²) in [5.74, 6) is 0. The maximum absolute atomic E-state index is 9.11. The quantitative estimate of drug-likeness (QED) is 0.702. The molecule has 0 amide bonds. The molecule has 1 atom stereocenters. The van der Waals surface area contributed by atoms with Crippen LogP contribution in [0.3, 0.4) is 0 Å². The predicted molar refractivity (Wildman–Crippen MR) is 52.4 cm³/mol. The van der Waals surface area contributed by atoms with Crippen LogP contribution < -0.4 is 0 Å². The normalized spacial score (nSPS) is 12.8. The molecule has 1 rings (SSSR count). The molecule has 0 aliphatic heterocycles. The number of aliphatic hydroxyl groups excluding tert-OH is 1. The summed E-state index contributed by atoms with van der Waals surface area (Å²) < 4.78 is 5.15. The van der Waals surface area contributed by atoms with Crippen LogP contribution in [0.15, 0.2) is 30.3 Å². The second-order valence-electron chi connectivity index (χ2n) is 2.97. The molecule has 13 heavy (non-hydrogen) atoms. The number of ether oxygens (including phenoxy) is 1. The van der Waals surface area contributed by atoms with Crippen molar-refractivity contribution in [3.8, 4) is 0 Å². The zero-order chi connectivity index (χ0) is 9.52. The molecule has 72 valence electrons. The zero-order valence-electron chi connectivity index (χ0n) is 7.94. The van der Waals surface area contributed by atoms with Gasteiger partial charge in [0, 0.05) is 0 Å². The molecule has 1 aromatic carbocycles. The summed E-state index contributed by atoms with van der Waals surface area (Å²) >= 11 is 0. The van der Waals surface area contributed by atoms with Crippen LogP contribution in [-0.4, -0.2) is 18.0 Å². The largest absolute Gasteiger partial charge is 0.368 e. The lowest BCUT2D eigenvalue weighted by Gasteiger charge is -2.08. The van der Waals surface area contributed by atoms with Crippen molar-refractivity contribution in [2.45, 2.75) is 26.1 Å². The third-order valence-electron chi connectivity index (χ3n) is 1.89. The average molecular weight is 180 g/mol. The highest BCUT2D eigenvalue weighted by Gasteiger charge is 1.99. The van der Waals surface area contributed by atoms with Gasteiger partial charge in [-0.05, 0) is 18.4 Å². The van der Waals surface area contributed by atoms with Gasteiger partial charge in [-0.3, -0.25) is 0 Å². The number of hydrogen-bond acceptors (Lipinski definition) is 2. The minimum atomic E-state index is -0.608. The maximum atomic E-state index is 9.11. The molecule has 0 spiro atoms. The summed E-state index contributed by atoms with van der Waals surface area (Å²) in [6.45, 7) is 2.48. The molecule has 0 radical (unpaired) electrons. The van der Waals surface area contributed by atoms with E-state index < -0.39 is 6.29 Å². The third kappa shape index (κ3) is 4.06. The Labute approximate surface area is 79.2 Å². The Bertz CT molecular complexity index is 221. The summed E-state index contributed by atoms with van der Waals surface area (Å²) in [5, 5.41) is 9.11. The van der Waals surface area contributed by atoms with Gasteiger partial charge in [-0.1, -0.05) is 37.3 Å². The van der Waals surface area contributed by atoms with E-state index in [1.54, 1.807) is 0 Å². The Kier molecular flexibility index (Phi) is 4.50. The Hall–Kier alpha value is -0.860. The van der Waals surface area contributed by atoms with E-state index in [4.69, 9.17) is 9.84 Å². The van der Waals surface area contributed by atoms with Crippen LogP contribution in [0.2, 0.25) is 0 Å². The monoisotopic (exact) mass is 180 g/mol. The van der Waals surface area contributed by atoms with E-state index in [9.17, 15) is 0 Å². The number of hydrogen-bond donors (Lipinski definition) is 1. The van der Waals surface area contributed by atoms with E-state index in [1.807, 2.05) is 25.1 Å². The van der Waals surface area contributed by atoms with E-state index in [0.29, 0.717) is 13.0 Å². The third-order valence-corrected chi connectivity index (χ3v) is 1.89. The summed E-state index contributed by atoms with van der Waals surface area (Å²) in [5.41, 5.74) is 1.24. The Morgan fingerprint density at radius 3 is 2.62 bits per heavy atom. The van der Waals surface area contributed by atoms with Gasteiger partial charge < -0.3 is 9.84 Å². The van der Waals surface area contributed by atoms with Gasteiger partial charge in [-0.25, -0.2) is 0 Å². The number of rotatable bonds is 5. The molecule has 0 saturated carbocycles. The second kappa shape index (κ2) is 5.73. The van der Waals surface area contributed by atoms with Crippen LogP contribution in [0.25, 0.3) is 0 Å². The van der Waals surface area contributed by atoms with Crippen molar-refractivity contribution in [1.82, 2.24) is 0 Å². The Morgan fingerprint density at radius 2 is 2.00 bits per heavy atom. The van der Waals surface area contributed by atoms with Crippen molar-refractivity contribution in [1.29, 1.82) is 0 Å². The first-order chi connectivity index (χ1) is 6.33. The fourth-order valence-electron chi connectivity index (χ4n) is 1.08. The summed E-state index contributed by atoms with van der Waals surface area (Å²) in [7, 11) is 0. The molecule has 0 aliphatic rings. The molecule has 0 aliphatic carbocycles. The fourth-order valence-corrected chi connectivity index (χ4v) is 1.08. The van der Waals surface area contributed by atoms with E-state index in [1.165, 1.54) is 5.56 Å². The van der Waals surface area contributed by atoms with Gasteiger partial charge in [0.2, 0.25) is 0 Å². The fraction of sp³-hybridized carbons (Fsp3) is 0.455. The molecule has 1 aromatic rings. The lowest BCUT2D eigenvalue weighted by molar-refractivity contribution is -0.0989. The summed E-state index contributed by atoms with van der Waals surface area (Å²) in [6, 6.07) is 10.1. The van der Waals surface area contributed by atoms with Crippen molar-refractivity contribution in [3.63, 3.8) is 0 Å². The molecule has 2 nitrogen and oxygen atoms in total. The van der Waals surface area contributed by atoms with Crippen molar-refractivity contribution in [3.05, 3.63) is 35.9 Å². The van der Waals surface area contributed by atoms with Crippen molar-refractivity contribution in [2.75, 3.05) is 6.61 Å². The summed E-state index contributed by atoms with van der Waals surface area (Å²) in [4.78, 5) is 0. The van der Waals surface area contributed by atoms with Gasteiger partial charge in [-0.2, -0.15) is 0 Å². The Balaban J connectivity index is 2.20. The van der Waals surface area contributed by atoms with Crippen LogP contribution >= 0.6 is 0 Å². The predicted octanol–water partition coefficient (Wildman–Crippen LogP) is 1.97. The molecule has 0 fully saturated rings. The molecule has 2 heteroatoms. The van der Waals surface area contributed by atoms with E-state index in [0.717, 1.165) is 6.42 Å². The van der Waals surface area contributed by atoms with Gasteiger partial charge in [0.05, 0.1) is 6.61 Å². The van der Waals surface area contributed by atoms with Gasteiger partial charge in [0.15, 0.2) is 6.29 Å². The second-order valence-corrected chi connectivity index (χ2v) is 2.97. The van der Waals surface area contributed by atoms with Crippen LogP contribution in [0.5, 0.6) is 0 Å². The highest BCUT2D eigenvalue weighted by atomic mass is 16.6. The SMILES string of the molecule is CCC(O)OCCc1ccccc1. The van der Waals surface area contributed by atoms with Crippen molar-refractivity contribution in [2.24, 2.45) is 0 Å². The van der Waals surface area contributed by atoms with E-state index >= 15 is 0 Å². The standard InChI is InChI=1S/C11H16O2/c1-2-11(12)13-9-8-10-6-4-3-5-7-10/h3-7,11-12H,2,8-9H2,1H3. The molecule has 0 saturated heterocycles. The Morgan fingerprint density at radius 1 is 1.31 bits per heavy atom. The smallest absolute Gasteiger partial charge is 0.154 e. The molecular formula is C11H16O2.